The van der Waals surface area contributed by atoms with Gasteiger partial charge in [-0.05, 0) is 74.5 Å². The summed E-state index contributed by atoms with van der Waals surface area (Å²) in [5.74, 6) is 1.86. The van der Waals surface area contributed by atoms with E-state index in [1.54, 1.807) is 32.4 Å². The summed E-state index contributed by atoms with van der Waals surface area (Å²) in [6.45, 7) is 6.81. The Morgan fingerprint density at radius 3 is 2.42 bits per heavy atom. The zero-order valence-electron chi connectivity index (χ0n) is 26.4. The lowest BCUT2D eigenvalue weighted by atomic mass is 9.77. The first-order valence-electron chi connectivity index (χ1n) is 14.9. The summed E-state index contributed by atoms with van der Waals surface area (Å²) in [6, 6.07) is 21.0. The molecule has 0 aromatic heterocycles. The molecule has 1 unspecified atom stereocenters. The van der Waals surface area contributed by atoms with Gasteiger partial charge in [-0.1, -0.05) is 24.3 Å². The van der Waals surface area contributed by atoms with Crippen molar-refractivity contribution in [1.29, 1.82) is 0 Å². The van der Waals surface area contributed by atoms with Crippen molar-refractivity contribution in [2.24, 2.45) is 4.99 Å². The second-order valence-electron chi connectivity index (χ2n) is 11.7. The SMILES string of the molecule is CNC(=O)c1cc2cc(OC)c(C(C)=O)cc2c2c1OC1(C=N2)N(CCCOc2ccccc2)c2cc(OC)ccc2C1(C)C. The van der Waals surface area contributed by atoms with Crippen molar-refractivity contribution >= 4 is 40.1 Å². The number of benzene rings is 4. The van der Waals surface area contributed by atoms with Crippen LogP contribution in [-0.4, -0.2) is 58.0 Å². The van der Waals surface area contributed by atoms with Crippen molar-refractivity contribution in [3.63, 3.8) is 0 Å². The predicted octanol–water partition coefficient (Wildman–Crippen LogP) is 6.48. The van der Waals surface area contributed by atoms with Crippen LogP contribution < -0.4 is 29.2 Å². The smallest absolute Gasteiger partial charge is 0.254 e. The lowest BCUT2D eigenvalue weighted by Crippen LogP contribution is -2.62. The number of rotatable bonds is 9. The monoisotopic (exact) mass is 607 g/mol. The molecule has 0 fully saturated rings. The molecule has 9 heteroatoms. The summed E-state index contributed by atoms with van der Waals surface area (Å²) in [5, 5.41) is 4.15. The second-order valence-corrected chi connectivity index (χ2v) is 11.7. The first kappa shape index (κ1) is 30.0. The number of para-hydroxylation sites is 1. The van der Waals surface area contributed by atoms with Crippen molar-refractivity contribution < 1.29 is 28.5 Å². The molecule has 2 aliphatic rings. The number of anilines is 1. The zero-order valence-corrected chi connectivity index (χ0v) is 26.4. The Morgan fingerprint density at radius 1 is 0.956 bits per heavy atom. The minimum Gasteiger partial charge on any atom is -0.497 e. The molecule has 232 valence electrons. The molecule has 0 radical (unpaired) electrons. The molecule has 0 saturated carbocycles. The molecule has 45 heavy (non-hydrogen) atoms. The van der Waals surface area contributed by atoms with Gasteiger partial charge in [0.05, 0.1) is 43.6 Å². The lowest BCUT2D eigenvalue weighted by molar-refractivity contribution is 0.0737. The standard InChI is InChI=1S/C36H37N3O6/c1-22(40)26-20-27-23(18-31(26)43-6)17-28(34(41)37-4)33-32(27)38-21-36(45-33)35(2,3)29-14-13-25(42-5)19-30(29)39(36)15-10-16-44-24-11-8-7-9-12-24/h7-9,11-14,17-21H,10,15-16H2,1-6H3,(H,37,41). The number of fused-ring (bicyclic) bond motifs is 4. The molecule has 6 rings (SSSR count). The molecular formula is C36H37N3O6. The molecule has 2 aliphatic heterocycles. The molecule has 4 aromatic carbocycles. The van der Waals surface area contributed by atoms with Crippen LogP contribution in [0.3, 0.4) is 0 Å². The number of aliphatic imine (C=N–C) groups is 1. The first-order chi connectivity index (χ1) is 21.6. The van der Waals surface area contributed by atoms with Crippen LogP contribution >= 0.6 is 0 Å². The van der Waals surface area contributed by atoms with Gasteiger partial charge in [0.25, 0.3) is 5.91 Å². The maximum absolute atomic E-state index is 13.4. The molecule has 0 bridgehead atoms. The highest BCUT2D eigenvalue weighted by Gasteiger charge is 2.60. The van der Waals surface area contributed by atoms with Crippen LogP contribution in [0.4, 0.5) is 11.4 Å². The molecule has 1 N–H and O–H groups in total. The minimum absolute atomic E-state index is 0.139. The van der Waals surface area contributed by atoms with E-state index in [4.69, 9.17) is 23.9 Å². The van der Waals surface area contributed by atoms with Crippen molar-refractivity contribution in [2.75, 3.05) is 39.3 Å². The fourth-order valence-corrected chi connectivity index (χ4v) is 6.43. The number of ether oxygens (including phenoxy) is 4. The van der Waals surface area contributed by atoms with Crippen LogP contribution in [0.15, 0.2) is 71.7 Å². The normalized spacial score (nSPS) is 17.4. The fraction of sp³-hybridized carbons (Fsp3) is 0.306. The highest BCUT2D eigenvalue weighted by Crippen LogP contribution is 2.56. The molecular weight excluding hydrogens is 570 g/mol. The number of methoxy groups -OCH3 is 2. The van der Waals surface area contributed by atoms with Crippen LogP contribution in [0.1, 0.15) is 53.5 Å². The fourth-order valence-electron chi connectivity index (χ4n) is 6.43. The maximum atomic E-state index is 13.4. The molecule has 1 atom stereocenters. The van der Waals surface area contributed by atoms with E-state index in [1.165, 1.54) is 14.0 Å². The number of hydrogen-bond donors (Lipinski definition) is 1. The van der Waals surface area contributed by atoms with Crippen LogP contribution in [0.2, 0.25) is 0 Å². The average molecular weight is 608 g/mol. The van der Waals surface area contributed by atoms with Gasteiger partial charge in [0.15, 0.2) is 11.5 Å². The van der Waals surface area contributed by atoms with Crippen molar-refractivity contribution in [1.82, 2.24) is 5.32 Å². The Hall–Kier alpha value is -5.05. The molecule has 0 saturated heterocycles. The largest absolute Gasteiger partial charge is 0.497 e. The Morgan fingerprint density at radius 2 is 1.73 bits per heavy atom. The van der Waals surface area contributed by atoms with E-state index in [0.717, 1.165) is 22.7 Å². The summed E-state index contributed by atoms with van der Waals surface area (Å²) >= 11 is 0. The Bertz CT molecular complexity index is 1830. The quantitative estimate of drug-likeness (QED) is 0.172. The van der Waals surface area contributed by atoms with Crippen molar-refractivity contribution in [2.45, 2.75) is 38.3 Å². The highest BCUT2D eigenvalue weighted by molar-refractivity contribution is 6.11. The molecule has 0 aliphatic carbocycles. The van der Waals surface area contributed by atoms with Gasteiger partial charge in [0.2, 0.25) is 5.72 Å². The van der Waals surface area contributed by atoms with E-state index in [9.17, 15) is 9.59 Å². The predicted molar refractivity (Wildman–Crippen MR) is 175 cm³/mol. The molecule has 2 heterocycles. The number of Topliss-reactive ketones (excluding diaryl/α,β-unsaturated/α-hetero) is 1. The van der Waals surface area contributed by atoms with Crippen molar-refractivity contribution in [3.05, 3.63) is 83.4 Å². The number of carbonyl (C=O) groups is 2. The van der Waals surface area contributed by atoms with Gasteiger partial charge in [0, 0.05) is 30.7 Å². The molecule has 1 spiro atoms. The van der Waals surface area contributed by atoms with Gasteiger partial charge in [-0.25, -0.2) is 0 Å². The van der Waals surface area contributed by atoms with E-state index in [0.29, 0.717) is 58.7 Å². The minimum atomic E-state index is -1.09. The van der Waals surface area contributed by atoms with Gasteiger partial charge in [-0.15, -0.1) is 0 Å². The van der Waals surface area contributed by atoms with E-state index in [2.05, 4.69) is 30.1 Å². The van der Waals surface area contributed by atoms with E-state index < -0.39 is 11.1 Å². The van der Waals surface area contributed by atoms with Crippen LogP contribution in [-0.2, 0) is 5.41 Å². The van der Waals surface area contributed by atoms with E-state index >= 15 is 0 Å². The number of carbonyl (C=O) groups excluding carboxylic acids is 2. The van der Waals surface area contributed by atoms with E-state index in [-0.39, 0.29) is 11.7 Å². The van der Waals surface area contributed by atoms with Crippen molar-refractivity contribution in [3.8, 4) is 23.0 Å². The number of nitrogens with zero attached hydrogens (tertiary/aromatic N) is 2. The van der Waals surface area contributed by atoms with Crippen LogP contribution in [0, 0.1) is 0 Å². The number of hydrogen-bond acceptors (Lipinski definition) is 8. The first-order valence-corrected chi connectivity index (χ1v) is 14.9. The average Bonchev–Trinajstić information content (AvgIpc) is 3.23. The van der Waals surface area contributed by atoms with E-state index in [1.807, 2.05) is 48.7 Å². The van der Waals surface area contributed by atoms with Crippen LogP contribution in [0.5, 0.6) is 23.0 Å². The summed E-state index contributed by atoms with van der Waals surface area (Å²) < 4.78 is 24.3. The van der Waals surface area contributed by atoms with Gasteiger partial charge >= 0.3 is 0 Å². The highest BCUT2D eigenvalue weighted by atomic mass is 16.5. The third-order valence-corrected chi connectivity index (χ3v) is 8.87. The zero-order chi connectivity index (χ0) is 31.9. The maximum Gasteiger partial charge on any atom is 0.254 e. The molecule has 9 nitrogen and oxygen atoms in total. The topological polar surface area (TPSA) is 98.7 Å². The number of amides is 1. The second kappa shape index (κ2) is 11.5. The third kappa shape index (κ3) is 4.83. The molecule has 1 amide bonds. The van der Waals surface area contributed by atoms with Gasteiger partial charge in [-0.2, -0.15) is 0 Å². The number of ketones is 1. The summed E-state index contributed by atoms with van der Waals surface area (Å²) in [5.41, 5.74) is 1.58. The lowest BCUT2D eigenvalue weighted by Gasteiger charge is -2.46. The Balaban J connectivity index is 1.49. The Kier molecular flexibility index (Phi) is 7.64. The van der Waals surface area contributed by atoms with Gasteiger partial charge in [0.1, 0.15) is 22.9 Å². The van der Waals surface area contributed by atoms with Gasteiger partial charge in [-0.3, -0.25) is 14.6 Å². The molecule has 4 aromatic rings. The summed E-state index contributed by atoms with van der Waals surface area (Å²) in [7, 11) is 4.75. The van der Waals surface area contributed by atoms with Crippen LogP contribution in [0.25, 0.3) is 10.8 Å². The summed E-state index contributed by atoms with van der Waals surface area (Å²) in [4.78, 5) is 33.2. The summed E-state index contributed by atoms with van der Waals surface area (Å²) in [6.07, 6.45) is 2.53. The third-order valence-electron chi connectivity index (χ3n) is 8.87. The Labute approximate surface area is 262 Å². The number of nitrogens with one attached hydrogen (secondary N) is 1. The van der Waals surface area contributed by atoms with Gasteiger partial charge < -0.3 is 29.2 Å².